The molecule has 0 aromatic rings. The maximum absolute atomic E-state index is 12.1. The van der Waals surface area contributed by atoms with Gasteiger partial charge in [0.15, 0.2) is 0 Å². The molecule has 126 valence electrons. The lowest BCUT2D eigenvalue weighted by molar-refractivity contribution is -0.175. The lowest BCUT2D eigenvalue weighted by atomic mass is 9.67. The van der Waals surface area contributed by atoms with Crippen molar-refractivity contribution in [2.75, 3.05) is 6.54 Å². The van der Waals surface area contributed by atoms with Gasteiger partial charge >= 0.3 is 11.2 Å². The number of ether oxygens (including phenoxy) is 3. The number of hydrogen-bond acceptors (Lipinski definition) is 6. The van der Waals surface area contributed by atoms with E-state index in [-0.39, 0.29) is 41.3 Å². The Morgan fingerprint density at radius 2 is 2.13 bits per heavy atom. The second-order valence-corrected chi connectivity index (χ2v) is 7.32. The maximum atomic E-state index is 12.1. The summed E-state index contributed by atoms with van der Waals surface area (Å²) < 4.78 is 17.2. The zero-order valence-electron chi connectivity index (χ0n) is 13.2. The zero-order chi connectivity index (χ0) is 16.2. The molecule has 0 unspecified atom stereocenters. The lowest BCUT2D eigenvalue weighted by Crippen LogP contribution is -2.63. The number of esters is 1. The number of nitrogens with zero attached hydrogens (tertiary/aromatic N) is 1. The van der Waals surface area contributed by atoms with Gasteiger partial charge in [-0.15, -0.1) is 0 Å². The van der Waals surface area contributed by atoms with E-state index >= 15 is 0 Å². The molecule has 0 aromatic heterocycles. The second kappa shape index (κ2) is 5.33. The molecule has 1 amide bonds. The third-order valence-corrected chi connectivity index (χ3v) is 6.04. The molecule has 0 radical (unpaired) electrons. The minimum atomic E-state index is -0.645. The summed E-state index contributed by atoms with van der Waals surface area (Å²) in [6.45, 7) is 2.33. The molecule has 0 spiro atoms. The van der Waals surface area contributed by atoms with Crippen LogP contribution in [-0.2, 0) is 23.8 Å². The first-order valence-electron chi connectivity index (χ1n) is 8.37. The molecule has 1 aliphatic carbocycles. The van der Waals surface area contributed by atoms with E-state index < -0.39 is 5.60 Å². The van der Waals surface area contributed by atoms with Gasteiger partial charge in [-0.2, -0.15) is 0 Å². The average Bonchev–Trinajstić information content (AvgIpc) is 3.06. The van der Waals surface area contributed by atoms with Gasteiger partial charge in [-0.1, -0.05) is 0 Å². The van der Waals surface area contributed by atoms with Crippen LogP contribution in [0.15, 0.2) is 0 Å². The van der Waals surface area contributed by atoms with Crippen LogP contribution in [0.5, 0.6) is 0 Å². The van der Waals surface area contributed by atoms with Gasteiger partial charge in [-0.3, -0.25) is 9.59 Å². The molecule has 3 saturated heterocycles. The van der Waals surface area contributed by atoms with E-state index in [1.165, 1.54) is 0 Å². The highest BCUT2D eigenvalue weighted by Crippen LogP contribution is 2.52. The summed E-state index contributed by atoms with van der Waals surface area (Å²) in [5, 5.41) is 0.169. The van der Waals surface area contributed by atoms with E-state index in [1.807, 2.05) is 4.90 Å². The van der Waals surface area contributed by atoms with Crippen LogP contribution in [0.2, 0.25) is 0 Å². The molecule has 3 heterocycles. The van der Waals surface area contributed by atoms with E-state index in [9.17, 15) is 9.59 Å². The number of likely N-dealkylation sites (tertiary alicyclic amines) is 1. The molecule has 0 aromatic carbocycles. The zero-order valence-corrected chi connectivity index (χ0v) is 14.0. The minimum Gasteiger partial charge on any atom is -0.456 e. The highest BCUT2D eigenvalue weighted by atomic mass is 32.1. The molecule has 1 saturated carbocycles. The SMILES string of the molecule is CC(=O)N1CCCC[C@H]1[C@]12CC[C@@H]3OC(=S)O[C@@H]3[C@H]1CC(=O)O2. The van der Waals surface area contributed by atoms with Crippen LogP contribution in [0, 0.1) is 5.92 Å². The Morgan fingerprint density at radius 3 is 2.91 bits per heavy atom. The third kappa shape index (κ3) is 2.23. The molecular weight excluding hydrogens is 318 g/mol. The van der Waals surface area contributed by atoms with Crippen molar-refractivity contribution in [1.82, 2.24) is 4.90 Å². The van der Waals surface area contributed by atoms with Crippen LogP contribution < -0.4 is 0 Å². The van der Waals surface area contributed by atoms with Crippen molar-refractivity contribution in [2.24, 2.45) is 5.92 Å². The van der Waals surface area contributed by atoms with E-state index in [4.69, 9.17) is 26.4 Å². The van der Waals surface area contributed by atoms with E-state index in [2.05, 4.69) is 0 Å². The van der Waals surface area contributed by atoms with Crippen LogP contribution in [0.1, 0.15) is 45.4 Å². The summed E-state index contributed by atoms with van der Waals surface area (Å²) in [6, 6.07) is -0.0658. The Labute approximate surface area is 140 Å². The van der Waals surface area contributed by atoms with Gasteiger partial charge in [0, 0.05) is 25.7 Å². The van der Waals surface area contributed by atoms with E-state index in [0.29, 0.717) is 12.8 Å². The quantitative estimate of drug-likeness (QED) is 0.533. The van der Waals surface area contributed by atoms with Gasteiger partial charge in [-0.05, 0) is 32.1 Å². The monoisotopic (exact) mass is 339 g/mol. The largest absolute Gasteiger partial charge is 0.456 e. The standard InChI is InChI=1S/C16H21NO5S/c1-9(18)17-7-3-2-4-12(17)16-6-5-11-14(21-15(23)20-11)10(16)8-13(19)22-16/h10-12,14H,2-8H2,1H3/t10-,11+,12+,14-,16+/m1/s1. The summed E-state index contributed by atoms with van der Waals surface area (Å²) in [5.74, 6) is -0.252. The Morgan fingerprint density at radius 1 is 1.30 bits per heavy atom. The van der Waals surface area contributed by atoms with E-state index in [1.54, 1.807) is 6.92 Å². The van der Waals surface area contributed by atoms with Crippen molar-refractivity contribution < 1.29 is 23.8 Å². The number of piperidine rings is 1. The number of rotatable bonds is 1. The molecule has 0 bridgehead atoms. The van der Waals surface area contributed by atoms with Crippen molar-refractivity contribution in [3.8, 4) is 0 Å². The van der Waals surface area contributed by atoms with Gasteiger partial charge in [0.2, 0.25) is 5.91 Å². The molecule has 6 nitrogen and oxygen atoms in total. The molecule has 3 aliphatic heterocycles. The number of carbonyl (C=O) groups excluding carboxylic acids is 2. The predicted molar refractivity (Wildman–Crippen MR) is 83.5 cm³/mol. The average molecular weight is 339 g/mol. The van der Waals surface area contributed by atoms with Crippen LogP contribution in [0.3, 0.4) is 0 Å². The molecule has 23 heavy (non-hydrogen) atoms. The summed E-state index contributed by atoms with van der Waals surface area (Å²) >= 11 is 5.05. The fraction of sp³-hybridized carbons (Fsp3) is 0.812. The number of amides is 1. The normalized spacial score (nSPS) is 42.4. The summed E-state index contributed by atoms with van der Waals surface area (Å²) in [5.41, 5.74) is -0.645. The fourth-order valence-corrected chi connectivity index (χ4v) is 5.18. The molecule has 0 N–H and O–H groups in total. The van der Waals surface area contributed by atoms with Crippen LogP contribution in [0.4, 0.5) is 0 Å². The minimum absolute atomic E-state index is 0.0482. The van der Waals surface area contributed by atoms with Crippen molar-refractivity contribution in [3.63, 3.8) is 0 Å². The number of carbonyl (C=O) groups is 2. The van der Waals surface area contributed by atoms with Crippen molar-refractivity contribution in [3.05, 3.63) is 0 Å². The van der Waals surface area contributed by atoms with Crippen molar-refractivity contribution in [1.29, 1.82) is 0 Å². The Hall–Kier alpha value is -1.37. The van der Waals surface area contributed by atoms with Crippen LogP contribution >= 0.6 is 12.2 Å². The number of thiocarbonyl (C=S) groups is 1. The second-order valence-electron chi connectivity index (χ2n) is 6.99. The van der Waals surface area contributed by atoms with Gasteiger partial charge in [0.05, 0.1) is 18.4 Å². The molecule has 4 aliphatic rings. The van der Waals surface area contributed by atoms with Gasteiger partial charge in [0.1, 0.15) is 17.8 Å². The lowest BCUT2D eigenvalue weighted by Gasteiger charge is -2.50. The highest BCUT2D eigenvalue weighted by Gasteiger charge is 2.65. The first kappa shape index (κ1) is 15.2. The summed E-state index contributed by atoms with van der Waals surface area (Å²) in [4.78, 5) is 26.1. The van der Waals surface area contributed by atoms with Gasteiger partial charge in [0.25, 0.3) is 0 Å². The molecule has 4 fully saturated rings. The van der Waals surface area contributed by atoms with Crippen molar-refractivity contribution in [2.45, 2.75) is 69.3 Å². The predicted octanol–water partition coefficient (Wildman–Crippen LogP) is 1.55. The highest BCUT2D eigenvalue weighted by molar-refractivity contribution is 7.79. The summed E-state index contributed by atoms with van der Waals surface area (Å²) in [6.07, 6.45) is 4.33. The van der Waals surface area contributed by atoms with Crippen LogP contribution in [-0.4, -0.2) is 52.4 Å². The van der Waals surface area contributed by atoms with Crippen LogP contribution in [0.25, 0.3) is 0 Å². The Kier molecular flexibility index (Phi) is 3.51. The maximum Gasteiger partial charge on any atom is 0.353 e. The summed E-state index contributed by atoms with van der Waals surface area (Å²) in [7, 11) is 0. The number of hydrogen-bond donors (Lipinski definition) is 0. The first-order valence-corrected chi connectivity index (χ1v) is 8.78. The molecular formula is C16H21NO5S. The molecule has 4 rings (SSSR count). The van der Waals surface area contributed by atoms with Crippen molar-refractivity contribution >= 4 is 29.3 Å². The van der Waals surface area contributed by atoms with E-state index in [0.717, 1.165) is 32.2 Å². The van der Waals surface area contributed by atoms with Gasteiger partial charge < -0.3 is 19.1 Å². The van der Waals surface area contributed by atoms with Gasteiger partial charge in [-0.25, -0.2) is 0 Å². The smallest absolute Gasteiger partial charge is 0.353 e. The Bertz CT molecular complexity index is 567. The third-order valence-electron chi connectivity index (χ3n) is 5.85. The Balaban J connectivity index is 1.70. The topological polar surface area (TPSA) is 65.1 Å². The fourth-order valence-electron chi connectivity index (χ4n) is 4.95. The molecule has 7 heteroatoms. The molecule has 5 atom stereocenters. The number of fused-ring (bicyclic) bond motifs is 3. The first-order chi connectivity index (χ1) is 11.0.